The van der Waals surface area contributed by atoms with Gasteiger partial charge in [-0.25, -0.2) is 0 Å². The van der Waals surface area contributed by atoms with Crippen LogP contribution in [0.15, 0.2) is 4.99 Å². The van der Waals surface area contributed by atoms with E-state index in [0.29, 0.717) is 13.0 Å². The van der Waals surface area contributed by atoms with Crippen LogP contribution in [0.2, 0.25) is 0 Å². The van der Waals surface area contributed by atoms with Crippen molar-refractivity contribution in [3.63, 3.8) is 0 Å². The smallest absolute Gasteiger partial charge is 0.185 e. The number of aliphatic imine (C=N–C) groups is 1. The number of ketones is 1. The van der Waals surface area contributed by atoms with Crippen molar-refractivity contribution in [2.45, 2.75) is 26.3 Å². The van der Waals surface area contributed by atoms with Crippen LogP contribution >= 0.6 is 0 Å². The molecule has 5 nitrogen and oxygen atoms in total. The first-order valence-corrected chi connectivity index (χ1v) is 4.29. The second-order valence-electron chi connectivity index (χ2n) is 3.26. The highest BCUT2D eigenvalue weighted by atomic mass is 16.1. The van der Waals surface area contributed by atoms with Crippen molar-refractivity contribution in [2.75, 3.05) is 6.54 Å². The van der Waals surface area contributed by atoms with E-state index in [9.17, 15) is 4.79 Å². The standard InChI is InChI=1S/C8H18N4O/c1-5(2)7(13)6(9)3-4-12-8(10)11/h5-6H,3-4,9H2,1-2H3,(H4,10,11,12)/t6-/m1/s1. The van der Waals surface area contributed by atoms with Crippen molar-refractivity contribution in [2.24, 2.45) is 28.1 Å². The van der Waals surface area contributed by atoms with Crippen molar-refractivity contribution in [1.82, 2.24) is 0 Å². The second kappa shape index (κ2) is 5.53. The van der Waals surface area contributed by atoms with Gasteiger partial charge in [-0.2, -0.15) is 0 Å². The largest absolute Gasteiger partial charge is 0.370 e. The molecule has 0 aromatic heterocycles. The molecule has 0 aromatic rings. The third-order valence-corrected chi connectivity index (χ3v) is 1.67. The summed E-state index contributed by atoms with van der Waals surface area (Å²) in [6.07, 6.45) is 0.495. The summed E-state index contributed by atoms with van der Waals surface area (Å²) >= 11 is 0. The monoisotopic (exact) mass is 186 g/mol. The van der Waals surface area contributed by atoms with E-state index in [0.717, 1.165) is 0 Å². The molecular formula is C8H18N4O. The average Bonchev–Trinajstić information content (AvgIpc) is 2.02. The molecule has 0 spiro atoms. The van der Waals surface area contributed by atoms with E-state index >= 15 is 0 Å². The Bertz CT molecular complexity index is 196. The van der Waals surface area contributed by atoms with E-state index in [4.69, 9.17) is 17.2 Å². The Labute approximate surface area is 78.4 Å². The molecule has 0 bridgehead atoms. The van der Waals surface area contributed by atoms with E-state index in [2.05, 4.69) is 4.99 Å². The van der Waals surface area contributed by atoms with Crippen LogP contribution in [0.1, 0.15) is 20.3 Å². The number of nitrogens with zero attached hydrogens (tertiary/aromatic N) is 1. The highest BCUT2D eigenvalue weighted by Gasteiger charge is 2.15. The molecule has 0 aliphatic carbocycles. The Hall–Kier alpha value is -1.10. The van der Waals surface area contributed by atoms with Crippen LogP contribution in [0.3, 0.4) is 0 Å². The highest BCUT2D eigenvalue weighted by Crippen LogP contribution is 2.01. The zero-order valence-corrected chi connectivity index (χ0v) is 8.16. The van der Waals surface area contributed by atoms with Gasteiger partial charge in [-0.15, -0.1) is 0 Å². The lowest BCUT2D eigenvalue weighted by Gasteiger charge is -2.11. The lowest BCUT2D eigenvalue weighted by molar-refractivity contribution is -0.123. The van der Waals surface area contributed by atoms with Gasteiger partial charge in [0.15, 0.2) is 11.7 Å². The zero-order chi connectivity index (χ0) is 10.4. The van der Waals surface area contributed by atoms with Gasteiger partial charge in [-0.3, -0.25) is 9.79 Å². The van der Waals surface area contributed by atoms with Gasteiger partial charge in [0.2, 0.25) is 0 Å². The maximum atomic E-state index is 11.3. The van der Waals surface area contributed by atoms with E-state index in [1.54, 1.807) is 0 Å². The van der Waals surface area contributed by atoms with Crippen LogP contribution in [-0.2, 0) is 4.79 Å². The number of rotatable bonds is 5. The minimum atomic E-state index is -0.455. The fourth-order valence-corrected chi connectivity index (χ4v) is 0.903. The van der Waals surface area contributed by atoms with Gasteiger partial charge in [0, 0.05) is 12.5 Å². The summed E-state index contributed by atoms with van der Waals surface area (Å²) in [7, 11) is 0. The summed E-state index contributed by atoms with van der Waals surface area (Å²) in [5.74, 6) is 0.0455. The fourth-order valence-electron chi connectivity index (χ4n) is 0.903. The number of nitrogens with two attached hydrogens (primary N) is 3. The first kappa shape index (κ1) is 11.9. The van der Waals surface area contributed by atoms with Gasteiger partial charge in [-0.05, 0) is 6.42 Å². The third-order valence-electron chi connectivity index (χ3n) is 1.67. The van der Waals surface area contributed by atoms with Crippen molar-refractivity contribution < 1.29 is 4.79 Å². The molecule has 1 atom stereocenters. The molecule has 5 heteroatoms. The van der Waals surface area contributed by atoms with Crippen LogP contribution in [0.4, 0.5) is 0 Å². The Morgan fingerprint density at radius 3 is 2.31 bits per heavy atom. The summed E-state index contributed by atoms with van der Waals surface area (Å²) in [5.41, 5.74) is 15.8. The predicted molar refractivity (Wildman–Crippen MR) is 53.1 cm³/mol. The predicted octanol–water partition coefficient (Wildman–Crippen LogP) is -0.798. The molecule has 0 unspecified atom stereocenters. The van der Waals surface area contributed by atoms with Crippen LogP contribution in [0.5, 0.6) is 0 Å². The van der Waals surface area contributed by atoms with E-state index in [-0.39, 0.29) is 17.7 Å². The number of guanidine groups is 1. The minimum Gasteiger partial charge on any atom is -0.370 e. The average molecular weight is 186 g/mol. The number of hydrogen-bond donors (Lipinski definition) is 3. The van der Waals surface area contributed by atoms with Crippen LogP contribution in [-0.4, -0.2) is 24.3 Å². The van der Waals surface area contributed by atoms with Crippen LogP contribution in [0, 0.1) is 5.92 Å². The fraction of sp³-hybridized carbons (Fsp3) is 0.750. The maximum Gasteiger partial charge on any atom is 0.185 e. The first-order valence-electron chi connectivity index (χ1n) is 4.29. The molecule has 0 saturated carbocycles. The molecule has 0 aliphatic heterocycles. The van der Waals surface area contributed by atoms with E-state index in [1.807, 2.05) is 13.8 Å². The summed E-state index contributed by atoms with van der Waals surface area (Å²) in [6.45, 7) is 4.05. The minimum absolute atomic E-state index is 0.0317. The molecule has 0 fully saturated rings. The maximum absolute atomic E-state index is 11.3. The number of hydrogen-bond acceptors (Lipinski definition) is 3. The summed E-state index contributed by atoms with van der Waals surface area (Å²) < 4.78 is 0. The van der Waals surface area contributed by atoms with Crippen LogP contribution in [0.25, 0.3) is 0 Å². The Balaban J connectivity index is 3.81. The quantitative estimate of drug-likeness (QED) is 0.386. The number of carbonyl (C=O) groups is 1. The topological polar surface area (TPSA) is 107 Å². The SMILES string of the molecule is CC(C)C(=O)[C@H](N)CCN=C(N)N. The van der Waals surface area contributed by atoms with Gasteiger partial charge < -0.3 is 17.2 Å². The number of Topliss-reactive ketones (excluding diaryl/α,β-unsaturated/α-hetero) is 1. The van der Waals surface area contributed by atoms with Gasteiger partial charge >= 0.3 is 0 Å². The van der Waals surface area contributed by atoms with Crippen molar-refractivity contribution >= 4 is 11.7 Å². The molecule has 0 aromatic carbocycles. The highest BCUT2D eigenvalue weighted by molar-refractivity contribution is 5.85. The molecular weight excluding hydrogens is 168 g/mol. The lowest BCUT2D eigenvalue weighted by Crippen LogP contribution is -2.34. The summed E-state index contributed by atoms with van der Waals surface area (Å²) in [4.78, 5) is 15.0. The lowest BCUT2D eigenvalue weighted by atomic mass is 10.0. The van der Waals surface area contributed by atoms with Crippen LogP contribution < -0.4 is 17.2 Å². The molecule has 0 aliphatic rings. The van der Waals surface area contributed by atoms with Gasteiger partial charge in [0.25, 0.3) is 0 Å². The molecule has 0 radical (unpaired) electrons. The molecule has 6 N–H and O–H groups in total. The Morgan fingerprint density at radius 1 is 1.38 bits per heavy atom. The van der Waals surface area contributed by atoms with Gasteiger partial charge in [-0.1, -0.05) is 13.8 Å². The van der Waals surface area contributed by atoms with Gasteiger partial charge in [0.05, 0.1) is 6.04 Å². The molecule has 0 rings (SSSR count). The molecule has 76 valence electrons. The summed E-state index contributed by atoms with van der Waals surface area (Å²) in [6, 6.07) is -0.455. The Kier molecular flexibility index (Phi) is 5.06. The van der Waals surface area contributed by atoms with Crippen molar-refractivity contribution in [3.05, 3.63) is 0 Å². The Morgan fingerprint density at radius 2 is 1.92 bits per heavy atom. The molecule has 13 heavy (non-hydrogen) atoms. The molecule has 0 saturated heterocycles. The van der Waals surface area contributed by atoms with Crippen molar-refractivity contribution in [1.29, 1.82) is 0 Å². The van der Waals surface area contributed by atoms with E-state index in [1.165, 1.54) is 0 Å². The summed E-state index contributed by atoms with van der Waals surface area (Å²) in [5, 5.41) is 0. The molecule has 0 heterocycles. The number of carbonyl (C=O) groups excluding carboxylic acids is 1. The first-order chi connectivity index (χ1) is 5.95. The van der Waals surface area contributed by atoms with Crippen molar-refractivity contribution in [3.8, 4) is 0 Å². The van der Waals surface area contributed by atoms with E-state index < -0.39 is 6.04 Å². The molecule has 0 amide bonds. The second-order valence-corrected chi connectivity index (χ2v) is 3.26. The zero-order valence-electron chi connectivity index (χ0n) is 8.16. The third kappa shape index (κ3) is 5.19. The normalized spacial score (nSPS) is 12.6. The van der Waals surface area contributed by atoms with Gasteiger partial charge in [0.1, 0.15) is 0 Å².